The van der Waals surface area contributed by atoms with Crippen molar-refractivity contribution in [2.45, 2.75) is 46.8 Å². The molecule has 1 aliphatic heterocycles. The minimum Gasteiger partial charge on any atom is -0.466 e. The third-order valence-corrected chi connectivity index (χ3v) is 5.94. The van der Waals surface area contributed by atoms with Gasteiger partial charge in [-0.2, -0.15) is 0 Å². The van der Waals surface area contributed by atoms with Gasteiger partial charge in [0.15, 0.2) is 5.96 Å². The molecule has 0 aromatic carbocycles. The van der Waals surface area contributed by atoms with Gasteiger partial charge in [-0.1, -0.05) is 6.92 Å². The average molecular weight is 571 g/mol. The summed E-state index contributed by atoms with van der Waals surface area (Å²) in [5.41, 5.74) is 0.834. The monoisotopic (exact) mass is 570 g/mol. The zero-order valence-electron chi connectivity index (χ0n) is 20.5. The maximum Gasteiger partial charge on any atom is 0.191 e. The fourth-order valence-corrected chi connectivity index (χ4v) is 4.05. The lowest BCUT2D eigenvalue weighted by atomic mass is 9.96. The second-order valence-electron chi connectivity index (χ2n) is 8.59. The van der Waals surface area contributed by atoms with Crippen molar-refractivity contribution in [1.82, 2.24) is 20.5 Å². The first-order valence-corrected chi connectivity index (χ1v) is 11.6. The van der Waals surface area contributed by atoms with E-state index in [4.69, 9.17) is 9.41 Å². The minimum absolute atomic E-state index is 0. The van der Waals surface area contributed by atoms with E-state index in [0.717, 1.165) is 67.7 Å². The molecule has 0 aliphatic carbocycles. The van der Waals surface area contributed by atoms with Gasteiger partial charge in [0.1, 0.15) is 22.9 Å². The fourth-order valence-electron chi connectivity index (χ4n) is 4.05. The molecule has 1 fully saturated rings. The van der Waals surface area contributed by atoms with Crippen LogP contribution < -0.4 is 15.5 Å². The average Bonchev–Trinajstić information content (AvgIpc) is 3.15. The van der Waals surface area contributed by atoms with E-state index in [2.05, 4.69) is 38.4 Å². The molecule has 2 aromatic rings. The number of guanidine groups is 1. The number of nitrogens with zero attached hydrogens (tertiary/aromatic N) is 4. The third-order valence-electron chi connectivity index (χ3n) is 5.94. The van der Waals surface area contributed by atoms with Gasteiger partial charge < -0.3 is 30.0 Å². The number of anilines is 1. The van der Waals surface area contributed by atoms with Crippen molar-refractivity contribution in [2.24, 2.45) is 4.99 Å². The van der Waals surface area contributed by atoms with Crippen LogP contribution in [0.1, 0.15) is 43.4 Å². The maximum atomic E-state index is 11.0. The summed E-state index contributed by atoms with van der Waals surface area (Å²) in [5, 5.41) is 17.5. The smallest absolute Gasteiger partial charge is 0.191 e. The number of pyridine rings is 1. The lowest BCUT2D eigenvalue weighted by Gasteiger charge is -2.34. The number of likely N-dealkylation sites (N-methyl/N-ethyl adjacent to an activating group) is 1. The Labute approximate surface area is 214 Å². The van der Waals surface area contributed by atoms with Crippen LogP contribution in [0.25, 0.3) is 0 Å². The van der Waals surface area contributed by atoms with Gasteiger partial charge in [-0.3, -0.25) is 0 Å². The van der Waals surface area contributed by atoms with Crippen LogP contribution in [0.15, 0.2) is 33.8 Å². The number of furan rings is 1. The molecule has 9 heteroatoms. The topological polar surface area (TPSA) is 89.2 Å². The van der Waals surface area contributed by atoms with Crippen molar-refractivity contribution >= 4 is 35.8 Å². The molecule has 0 spiro atoms. The Morgan fingerprint density at radius 3 is 2.52 bits per heavy atom. The Morgan fingerprint density at radius 1 is 1.18 bits per heavy atom. The number of hydrogen-bond acceptors (Lipinski definition) is 6. The first-order chi connectivity index (χ1) is 15.3. The minimum atomic E-state index is -1.07. The molecule has 3 N–H and O–H groups in total. The van der Waals surface area contributed by atoms with Crippen molar-refractivity contribution < 1.29 is 9.52 Å². The lowest BCUT2D eigenvalue weighted by molar-refractivity contribution is 0.0601. The number of hydrogen-bond donors (Lipinski definition) is 3. The van der Waals surface area contributed by atoms with Crippen LogP contribution in [0.5, 0.6) is 0 Å². The number of nitrogens with one attached hydrogen (secondary N) is 2. The van der Waals surface area contributed by atoms with Gasteiger partial charge in [0.25, 0.3) is 0 Å². The van der Waals surface area contributed by atoms with Crippen molar-refractivity contribution in [2.75, 3.05) is 50.7 Å². The fraction of sp³-hybridized carbons (Fsp3) is 0.583. The van der Waals surface area contributed by atoms with E-state index in [-0.39, 0.29) is 24.0 Å². The van der Waals surface area contributed by atoms with Crippen LogP contribution in [-0.4, -0.2) is 66.8 Å². The summed E-state index contributed by atoms with van der Waals surface area (Å²) < 4.78 is 5.59. The molecule has 33 heavy (non-hydrogen) atoms. The van der Waals surface area contributed by atoms with Crippen molar-refractivity contribution in [1.29, 1.82) is 0 Å². The molecule has 1 saturated heterocycles. The Hall–Kier alpha value is -1.85. The van der Waals surface area contributed by atoms with Gasteiger partial charge in [-0.15, -0.1) is 24.0 Å². The molecule has 0 amide bonds. The van der Waals surface area contributed by atoms with Gasteiger partial charge in [0.05, 0.1) is 13.1 Å². The molecule has 8 nitrogen and oxygen atoms in total. The van der Waals surface area contributed by atoms with Crippen LogP contribution in [0.4, 0.5) is 5.82 Å². The maximum absolute atomic E-state index is 11.0. The predicted molar refractivity (Wildman–Crippen MR) is 145 cm³/mol. The van der Waals surface area contributed by atoms with Gasteiger partial charge >= 0.3 is 0 Å². The molecule has 1 unspecified atom stereocenters. The summed E-state index contributed by atoms with van der Waals surface area (Å²) in [7, 11) is 0. The standard InChI is InChI=1S/C24H38N6O2.HI/c1-6-25-23(28-17-24(5,31)21-14-18(3)32-19(21)4)27-16-20-8-9-26-22(15-20)30-12-10-29(7-2)11-13-30;/h8-9,14-15,31H,6-7,10-13,16-17H2,1-5H3,(H2,25,27,28);1H. The van der Waals surface area contributed by atoms with E-state index in [1.807, 2.05) is 39.1 Å². The van der Waals surface area contributed by atoms with Crippen molar-refractivity contribution in [3.05, 3.63) is 47.0 Å². The highest BCUT2D eigenvalue weighted by molar-refractivity contribution is 14.0. The molecule has 3 rings (SSSR count). The van der Waals surface area contributed by atoms with E-state index in [9.17, 15) is 5.11 Å². The molecule has 0 bridgehead atoms. The quantitative estimate of drug-likeness (QED) is 0.256. The number of rotatable bonds is 8. The van der Waals surface area contributed by atoms with Gasteiger partial charge in [-0.25, -0.2) is 9.98 Å². The number of halogens is 1. The molecule has 1 aliphatic rings. The molecule has 0 radical (unpaired) electrons. The summed E-state index contributed by atoms with van der Waals surface area (Å²) in [4.78, 5) is 14.1. The van der Waals surface area contributed by atoms with Crippen molar-refractivity contribution in [3.63, 3.8) is 0 Å². The van der Waals surface area contributed by atoms with Gasteiger partial charge in [0.2, 0.25) is 0 Å². The molecule has 2 aromatic heterocycles. The first-order valence-electron chi connectivity index (χ1n) is 11.6. The highest BCUT2D eigenvalue weighted by Crippen LogP contribution is 2.26. The molecular formula is C24H39IN6O2. The molecule has 0 saturated carbocycles. The highest BCUT2D eigenvalue weighted by atomic mass is 127. The van der Waals surface area contributed by atoms with E-state index in [0.29, 0.717) is 19.0 Å². The second kappa shape index (κ2) is 12.6. The summed E-state index contributed by atoms with van der Waals surface area (Å²) in [5.74, 6) is 3.21. The highest BCUT2D eigenvalue weighted by Gasteiger charge is 2.28. The van der Waals surface area contributed by atoms with Crippen LogP contribution in [-0.2, 0) is 12.1 Å². The lowest BCUT2D eigenvalue weighted by Crippen LogP contribution is -2.46. The van der Waals surface area contributed by atoms with Crippen LogP contribution in [0.3, 0.4) is 0 Å². The molecular weight excluding hydrogens is 531 g/mol. The van der Waals surface area contributed by atoms with Crippen LogP contribution in [0, 0.1) is 13.8 Å². The van der Waals surface area contributed by atoms with Crippen LogP contribution in [0.2, 0.25) is 0 Å². The summed E-state index contributed by atoms with van der Waals surface area (Å²) in [6, 6.07) is 6.02. The van der Waals surface area contributed by atoms with E-state index in [1.165, 1.54) is 0 Å². The SMILES string of the molecule is CCNC(=NCc1ccnc(N2CCN(CC)CC2)c1)NCC(C)(O)c1cc(C)oc1C.I. The summed E-state index contributed by atoms with van der Waals surface area (Å²) >= 11 is 0. The Bertz CT molecular complexity index is 906. The normalized spacial score (nSPS) is 16.8. The predicted octanol–water partition coefficient (Wildman–Crippen LogP) is 3.01. The number of aromatic nitrogens is 1. The van der Waals surface area contributed by atoms with Crippen molar-refractivity contribution in [3.8, 4) is 0 Å². The van der Waals surface area contributed by atoms with E-state index in [1.54, 1.807) is 6.92 Å². The molecule has 1 atom stereocenters. The second-order valence-corrected chi connectivity index (χ2v) is 8.59. The van der Waals surface area contributed by atoms with E-state index < -0.39 is 5.60 Å². The third kappa shape index (κ3) is 7.58. The number of aliphatic imine (C=N–C) groups is 1. The number of piperazine rings is 1. The number of aryl methyl sites for hydroxylation is 2. The zero-order valence-corrected chi connectivity index (χ0v) is 22.8. The largest absolute Gasteiger partial charge is 0.466 e. The Kier molecular flexibility index (Phi) is 10.4. The summed E-state index contributed by atoms with van der Waals surface area (Å²) in [6.07, 6.45) is 1.86. The Balaban J connectivity index is 0.00000385. The molecule has 3 heterocycles. The van der Waals surface area contributed by atoms with Gasteiger partial charge in [-0.05, 0) is 58.0 Å². The molecule has 184 valence electrons. The zero-order chi connectivity index (χ0) is 23.1. The number of aliphatic hydroxyl groups is 1. The van der Waals surface area contributed by atoms with Gasteiger partial charge in [0, 0.05) is 44.5 Å². The van der Waals surface area contributed by atoms with Crippen LogP contribution >= 0.6 is 24.0 Å². The first kappa shape index (κ1) is 27.4. The summed E-state index contributed by atoms with van der Waals surface area (Å²) in [6.45, 7) is 16.6. The van der Waals surface area contributed by atoms with E-state index >= 15 is 0 Å². The Morgan fingerprint density at radius 2 is 1.91 bits per heavy atom.